The van der Waals surface area contributed by atoms with E-state index in [-0.39, 0.29) is 0 Å². The zero-order valence-electron chi connectivity index (χ0n) is 10.0. The van der Waals surface area contributed by atoms with Crippen LogP contribution in [0.3, 0.4) is 0 Å². The molecule has 0 bridgehead atoms. The Hall–Kier alpha value is -1.16. The van der Waals surface area contributed by atoms with Crippen LogP contribution in [0.2, 0.25) is 0 Å². The predicted octanol–water partition coefficient (Wildman–Crippen LogP) is 1.67. The van der Waals surface area contributed by atoms with Gasteiger partial charge in [-0.25, -0.2) is 9.97 Å². The fourth-order valence-corrected chi connectivity index (χ4v) is 2.22. The molecule has 2 heterocycles. The molecule has 1 atom stereocenters. The van der Waals surface area contributed by atoms with Crippen LogP contribution in [0.4, 0.5) is 5.82 Å². The monoisotopic (exact) mass is 220 g/mol. The summed E-state index contributed by atoms with van der Waals surface area (Å²) in [5.41, 5.74) is 0.359. The normalized spacial score (nSPS) is 24.0. The highest BCUT2D eigenvalue weighted by Gasteiger charge is 2.31. The van der Waals surface area contributed by atoms with Gasteiger partial charge in [-0.2, -0.15) is 0 Å². The van der Waals surface area contributed by atoms with Gasteiger partial charge >= 0.3 is 0 Å². The summed E-state index contributed by atoms with van der Waals surface area (Å²) in [5, 5.41) is 6.93. The lowest BCUT2D eigenvalue weighted by Gasteiger charge is -2.39. The number of hydrogen-bond acceptors (Lipinski definition) is 4. The third kappa shape index (κ3) is 2.70. The van der Waals surface area contributed by atoms with E-state index in [4.69, 9.17) is 0 Å². The molecule has 1 saturated heterocycles. The Labute approximate surface area is 96.9 Å². The highest BCUT2D eigenvalue weighted by Crippen LogP contribution is 2.29. The molecule has 0 aliphatic carbocycles. The number of rotatable bonds is 3. The molecule has 1 aromatic rings. The fourth-order valence-electron chi connectivity index (χ4n) is 2.22. The second-order valence-corrected chi connectivity index (χ2v) is 5.07. The van der Waals surface area contributed by atoms with Gasteiger partial charge in [0.25, 0.3) is 0 Å². The van der Waals surface area contributed by atoms with E-state index in [0.717, 1.165) is 18.9 Å². The Morgan fingerprint density at radius 1 is 1.56 bits per heavy atom. The van der Waals surface area contributed by atoms with Crippen molar-refractivity contribution in [1.29, 1.82) is 0 Å². The first-order chi connectivity index (χ1) is 7.68. The lowest BCUT2D eigenvalue weighted by Crippen LogP contribution is -2.50. The van der Waals surface area contributed by atoms with E-state index in [1.165, 1.54) is 12.8 Å². The van der Waals surface area contributed by atoms with Crippen molar-refractivity contribution in [3.8, 4) is 0 Å². The van der Waals surface area contributed by atoms with Gasteiger partial charge in [0.15, 0.2) is 0 Å². The molecule has 0 radical (unpaired) electrons. The summed E-state index contributed by atoms with van der Waals surface area (Å²) in [5.74, 6) is 0.901. The lowest BCUT2D eigenvalue weighted by molar-refractivity contribution is 0.188. The molecular formula is C12H20N4. The average Bonchev–Trinajstić information content (AvgIpc) is 2.28. The first-order valence-electron chi connectivity index (χ1n) is 5.92. The molecule has 16 heavy (non-hydrogen) atoms. The van der Waals surface area contributed by atoms with E-state index in [2.05, 4.69) is 34.4 Å². The van der Waals surface area contributed by atoms with Crippen molar-refractivity contribution in [3.05, 3.63) is 18.6 Å². The predicted molar refractivity (Wildman–Crippen MR) is 65.3 cm³/mol. The van der Waals surface area contributed by atoms with Crippen LogP contribution in [0.25, 0.3) is 0 Å². The Morgan fingerprint density at radius 2 is 2.44 bits per heavy atom. The molecule has 0 aromatic carbocycles. The summed E-state index contributed by atoms with van der Waals surface area (Å²) in [7, 11) is 0. The van der Waals surface area contributed by atoms with Crippen LogP contribution in [0, 0.1) is 5.41 Å². The van der Waals surface area contributed by atoms with E-state index in [9.17, 15) is 0 Å². The third-order valence-corrected chi connectivity index (χ3v) is 3.40. The van der Waals surface area contributed by atoms with Gasteiger partial charge in [0.2, 0.25) is 0 Å². The van der Waals surface area contributed by atoms with Gasteiger partial charge in [0.1, 0.15) is 12.1 Å². The van der Waals surface area contributed by atoms with Crippen molar-refractivity contribution in [3.63, 3.8) is 0 Å². The second-order valence-electron chi connectivity index (χ2n) is 5.07. The van der Waals surface area contributed by atoms with Crippen molar-refractivity contribution in [2.24, 2.45) is 5.41 Å². The maximum Gasteiger partial charge on any atom is 0.129 e. The SMILES string of the molecule is CC1(C)CCCNC1CNc1ccncn1. The summed E-state index contributed by atoms with van der Waals surface area (Å²) < 4.78 is 0. The Bertz CT molecular complexity index is 323. The van der Waals surface area contributed by atoms with Gasteiger partial charge in [-0.05, 0) is 30.9 Å². The van der Waals surface area contributed by atoms with Crippen molar-refractivity contribution in [1.82, 2.24) is 15.3 Å². The van der Waals surface area contributed by atoms with Crippen LogP contribution < -0.4 is 10.6 Å². The zero-order chi connectivity index (χ0) is 11.4. The van der Waals surface area contributed by atoms with Crippen molar-refractivity contribution in [2.45, 2.75) is 32.7 Å². The Kier molecular flexibility index (Phi) is 3.39. The number of hydrogen-bond donors (Lipinski definition) is 2. The summed E-state index contributed by atoms with van der Waals surface area (Å²) in [6.07, 6.45) is 5.89. The minimum absolute atomic E-state index is 0.359. The van der Waals surface area contributed by atoms with E-state index in [0.29, 0.717) is 11.5 Å². The van der Waals surface area contributed by atoms with Crippen LogP contribution in [-0.4, -0.2) is 29.1 Å². The molecule has 1 aliphatic rings. The Morgan fingerprint density at radius 3 is 3.12 bits per heavy atom. The summed E-state index contributed by atoms with van der Waals surface area (Å²) in [6.45, 7) is 6.69. The molecule has 1 unspecified atom stereocenters. The van der Waals surface area contributed by atoms with Crippen molar-refractivity contribution in [2.75, 3.05) is 18.4 Å². The van der Waals surface area contributed by atoms with E-state index >= 15 is 0 Å². The number of piperidine rings is 1. The smallest absolute Gasteiger partial charge is 0.129 e. The minimum Gasteiger partial charge on any atom is -0.368 e. The molecule has 4 heteroatoms. The van der Waals surface area contributed by atoms with Crippen molar-refractivity contribution < 1.29 is 0 Å². The Balaban J connectivity index is 1.90. The van der Waals surface area contributed by atoms with E-state index in [1.807, 2.05) is 6.07 Å². The fraction of sp³-hybridized carbons (Fsp3) is 0.667. The van der Waals surface area contributed by atoms with Crippen LogP contribution in [0.1, 0.15) is 26.7 Å². The highest BCUT2D eigenvalue weighted by molar-refractivity contribution is 5.31. The molecule has 0 saturated carbocycles. The molecule has 2 rings (SSSR count). The van der Waals surface area contributed by atoms with E-state index in [1.54, 1.807) is 12.5 Å². The largest absolute Gasteiger partial charge is 0.368 e. The molecule has 1 aromatic heterocycles. The third-order valence-electron chi connectivity index (χ3n) is 3.40. The number of nitrogens with zero attached hydrogens (tertiary/aromatic N) is 2. The first kappa shape index (κ1) is 11.3. The maximum atomic E-state index is 4.16. The molecule has 1 fully saturated rings. The van der Waals surface area contributed by atoms with Gasteiger partial charge < -0.3 is 10.6 Å². The van der Waals surface area contributed by atoms with Crippen molar-refractivity contribution >= 4 is 5.82 Å². The van der Waals surface area contributed by atoms with Gasteiger partial charge in [0.05, 0.1) is 0 Å². The zero-order valence-corrected chi connectivity index (χ0v) is 10.0. The summed E-state index contributed by atoms with van der Waals surface area (Å²) in [6, 6.07) is 2.41. The standard InChI is InChI=1S/C12H20N4/c1-12(2)5-3-6-14-10(12)8-15-11-4-7-13-9-16-11/h4,7,9-10,14H,3,5-6,8H2,1-2H3,(H,13,15,16). The van der Waals surface area contributed by atoms with Crippen LogP contribution in [0.15, 0.2) is 18.6 Å². The molecule has 1 aliphatic heterocycles. The quantitative estimate of drug-likeness (QED) is 0.813. The second kappa shape index (κ2) is 4.78. The summed E-state index contributed by atoms with van der Waals surface area (Å²) in [4.78, 5) is 8.06. The molecular weight excluding hydrogens is 200 g/mol. The highest BCUT2D eigenvalue weighted by atomic mass is 15.1. The van der Waals surface area contributed by atoms with Gasteiger partial charge in [-0.3, -0.25) is 0 Å². The molecule has 4 nitrogen and oxygen atoms in total. The molecule has 0 amide bonds. The number of nitrogens with one attached hydrogen (secondary N) is 2. The van der Waals surface area contributed by atoms with Crippen LogP contribution in [-0.2, 0) is 0 Å². The summed E-state index contributed by atoms with van der Waals surface area (Å²) >= 11 is 0. The molecule has 2 N–H and O–H groups in total. The minimum atomic E-state index is 0.359. The van der Waals surface area contributed by atoms with E-state index < -0.39 is 0 Å². The average molecular weight is 220 g/mol. The van der Waals surface area contributed by atoms with Gasteiger partial charge in [0, 0.05) is 18.8 Å². The number of anilines is 1. The van der Waals surface area contributed by atoms with Crippen LogP contribution >= 0.6 is 0 Å². The van der Waals surface area contributed by atoms with Gasteiger partial charge in [-0.15, -0.1) is 0 Å². The molecule has 0 spiro atoms. The van der Waals surface area contributed by atoms with Gasteiger partial charge in [-0.1, -0.05) is 13.8 Å². The topological polar surface area (TPSA) is 49.8 Å². The first-order valence-corrected chi connectivity index (χ1v) is 5.92. The maximum absolute atomic E-state index is 4.16. The molecule has 88 valence electrons. The number of aromatic nitrogens is 2. The lowest BCUT2D eigenvalue weighted by atomic mass is 9.77. The van der Waals surface area contributed by atoms with Crippen LogP contribution in [0.5, 0.6) is 0 Å².